The lowest BCUT2D eigenvalue weighted by Crippen LogP contribution is -2.53. The third-order valence-corrected chi connectivity index (χ3v) is 4.69. The van der Waals surface area contributed by atoms with Crippen molar-refractivity contribution < 1.29 is 9.53 Å². The van der Waals surface area contributed by atoms with Crippen LogP contribution in [0.4, 0.5) is 4.79 Å². The monoisotopic (exact) mass is 328 g/mol. The zero-order valence-electron chi connectivity index (χ0n) is 15.4. The molecule has 1 amide bonds. The maximum Gasteiger partial charge on any atom is 0.411 e. The molecule has 4 heteroatoms. The van der Waals surface area contributed by atoms with Gasteiger partial charge in [-0.1, -0.05) is 6.08 Å². The van der Waals surface area contributed by atoms with Gasteiger partial charge in [-0.2, -0.15) is 0 Å². The number of carbonyl (C=O) groups excluding carboxylic acids is 1. The molecule has 3 heterocycles. The number of piperidine rings is 1. The van der Waals surface area contributed by atoms with Gasteiger partial charge in [-0.05, 0) is 83.6 Å². The lowest BCUT2D eigenvalue weighted by Gasteiger charge is -2.45. The highest BCUT2D eigenvalue weighted by Gasteiger charge is 2.39. The third-order valence-electron chi connectivity index (χ3n) is 4.69. The summed E-state index contributed by atoms with van der Waals surface area (Å²) in [5.74, 6) is 0. The first-order valence-corrected chi connectivity index (χ1v) is 8.90. The molecule has 24 heavy (non-hydrogen) atoms. The molecule has 0 spiro atoms. The van der Waals surface area contributed by atoms with E-state index in [1.165, 1.54) is 17.6 Å². The maximum absolute atomic E-state index is 12.6. The summed E-state index contributed by atoms with van der Waals surface area (Å²) in [5.41, 5.74) is 4.24. The van der Waals surface area contributed by atoms with E-state index in [4.69, 9.17) is 4.74 Å². The minimum absolute atomic E-state index is 0.149. The zero-order valence-corrected chi connectivity index (χ0v) is 15.4. The molecule has 1 aromatic rings. The van der Waals surface area contributed by atoms with Crippen LogP contribution < -0.4 is 0 Å². The second-order valence-electron chi connectivity index (χ2n) is 8.07. The average Bonchev–Trinajstić information content (AvgIpc) is 2.42. The summed E-state index contributed by atoms with van der Waals surface area (Å²) in [7, 11) is 0. The normalized spacial score (nSPS) is 23.7. The molecule has 1 saturated heterocycles. The quantitative estimate of drug-likeness (QED) is 0.754. The number of nitrogens with zero attached hydrogens (tertiary/aromatic N) is 2. The Morgan fingerprint density at radius 2 is 1.88 bits per heavy atom. The van der Waals surface area contributed by atoms with Crippen LogP contribution in [0.2, 0.25) is 0 Å². The van der Waals surface area contributed by atoms with Crippen LogP contribution in [0.1, 0.15) is 63.4 Å². The summed E-state index contributed by atoms with van der Waals surface area (Å²) in [6, 6.07) is 4.69. The van der Waals surface area contributed by atoms with Gasteiger partial charge < -0.3 is 4.74 Å². The van der Waals surface area contributed by atoms with E-state index in [-0.39, 0.29) is 18.2 Å². The van der Waals surface area contributed by atoms with Crippen molar-refractivity contribution in [3.8, 4) is 0 Å². The number of pyridine rings is 1. The van der Waals surface area contributed by atoms with E-state index in [0.29, 0.717) is 0 Å². The molecule has 1 fully saturated rings. The van der Waals surface area contributed by atoms with Crippen LogP contribution in [0.25, 0.3) is 5.57 Å². The van der Waals surface area contributed by atoms with E-state index in [9.17, 15) is 4.79 Å². The zero-order chi connectivity index (χ0) is 17.5. The van der Waals surface area contributed by atoms with Gasteiger partial charge in [0.15, 0.2) is 0 Å². The summed E-state index contributed by atoms with van der Waals surface area (Å²) < 4.78 is 5.64. The number of aryl methyl sites for hydroxylation is 2. The number of fused-ring (bicyclic) bond motifs is 2. The first-order valence-electron chi connectivity index (χ1n) is 8.90. The number of carbonyl (C=O) groups is 1. The highest BCUT2D eigenvalue weighted by atomic mass is 16.6. The Labute approximate surface area is 144 Å². The second-order valence-corrected chi connectivity index (χ2v) is 8.07. The van der Waals surface area contributed by atoms with Gasteiger partial charge >= 0.3 is 6.09 Å². The van der Waals surface area contributed by atoms with Crippen molar-refractivity contribution in [2.45, 2.75) is 78.0 Å². The van der Waals surface area contributed by atoms with Gasteiger partial charge in [-0.15, -0.1) is 0 Å². The Balaban J connectivity index is 1.88. The van der Waals surface area contributed by atoms with Gasteiger partial charge in [0, 0.05) is 17.4 Å². The van der Waals surface area contributed by atoms with Gasteiger partial charge in [0.05, 0.1) is 6.04 Å². The Kier molecular flexibility index (Phi) is 4.41. The van der Waals surface area contributed by atoms with Gasteiger partial charge in [-0.25, -0.2) is 4.79 Å². The van der Waals surface area contributed by atoms with Crippen molar-refractivity contribution in [3.05, 3.63) is 35.2 Å². The third kappa shape index (κ3) is 3.63. The van der Waals surface area contributed by atoms with Gasteiger partial charge in [0.1, 0.15) is 5.60 Å². The number of hydrogen-bond acceptors (Lipinski definition) is 3. The Bertz CT molecular complexity index is 652. The minimum Gasteiger partial charge on any atom is -0.444 e. The van der Waals surface area contributed by atoms with Crippen LogP contribution >= 0.6 is 0 Å². The van der Waals surface area contributed by atoms with Crippen molar-refractivity contribution in [3.63, 3.8) is 0 Å². The highest BCUT2D eigenvalue weighted by molar-refractivity contribution is 5.75. The van der Waals surface area contributed by atoms with E-state index < -0.39 is 5.60 Å². The molecule has 2 aliphatic rings. The average molecular weight is 328 g/mol. The number of amides is 1. The predicted molar refractivity (Wildman–Crippen MR) is 95.8 cm³/mol. The van der Waals surface area contributed by atoms with Crippen LogP contribution in [-0.4, -0.2) is 33.7 Å². The first-order chi connectivity index (χ1) is 11.2. The van der Waals surface area contributed by atoms with Crippen LogP contribution in [0.3, 0.4) is 0 Å². The smallest absolute Gasteiger partial charge is 0.411 e. The first kappa shape index (κ1) is 17.0. The molecule has 0 aliphatic carbocycles. The van der Waals surface area contributed by atoms with E-state index in [1.807, 2.05) is 39.5 Å². The van der Waals surface area contributed by atoms with Crippen molar-refractivity contribution in [1.82, 2.24) is 9.88 Å². The number of ether oxygens (including phenoxy) is 1. The fourth-order valence-electron chi connectivity index (χ4n) is 3.86. The molecular weight excluding hydrogens is 300 g/mol. The molecule has 3 rings (SSSR count). The summed E-state index contributed by atoms with van der Waals surface area (Å²) in [6.07, 6.45) is 6.24. The lowest BCUT2D eigenvalue weighted by molar-refractivity contribution is 0.0000832. The summed E-state index contributed by atoms with van der Waals surface area (Å²) >= 11 is 0. The van der Waals surface area contributed by atoms with Crippen LogP contribution in [0.15, 0.2) is 18.2 Å². The number of aromatic nitrogens is 1. The second kappa shape index (κ2) is 6.23. The Hall–Kier alpha value is -1.84. The largest absolute Gasteiger partial charge is 0.444 e. The molecule has 1 aromatic heterocycles. The topological polar surface area (TPSA) is 42.4 Å². The predicted octanol–water partition coefficient (Wildman–Crippen LogP) is 4.64. The molecular formula is C20H28N2O2. The molecule has 4 nitrogen and oxygen atoms in total. The molecule has 0 radical (unpaired) electrons. The van der Waals surface area contributed by atoms with Crippen molar-refractivity contribution in [2.75, 3.05) is 0 Å². The molecule has 2 bridgehead atoms. The van der Waals surface area contributed by atoms with Crippen molar-refractivity contribution in [1.29, 1.82) is 0 Å². The SMILES string of the molecule is Cc1cc(C2=CC3CCCC(C2)N3C(=O)OC(C)(C)C)cc(C)n1. The molecule has 0 N–H and O–H groups in total. The Morgan fingerprint density at radius 1 is 1.21 bits per heavy atom. The summed E-state index contributed by atoms with van der Waals surface area (Å²) in [5, 5.41) is 0. The van der Waals surface area contributed by atoms with E-state index in [2.05, 4.69) is 23.2 Å². The number of rotatable bonds is 1. The lowest BCUT2D eigenvalue weighted by atomic mass is 9.83. The fraction of sp³-hybridized carbons (Fsp3) is 0.600. The van der Waals surface area contributed by atoms with Crippen molar-refractivity contribution in [2.24, 2.45) is 0 Å². The molecule has 2 aliphatic heterocycles. The standard InChI is InChI=1S/C20H28N2O2/c1-13-9-15(10-14(2)21-13)16-11-17-7-6-8-18(12-16)22(17)19(23)24-20(3,4)5/h9-11,17-18H,6-8,12H2,1-5H3. The van der Waals surface area contributed by atoms with E-state index in [1.54, 1.807) is 0 Å². The Morgan fingerprint density at radius 3 is 2.46 bits per heavy atom. The van der Waals surface area contributed by atoms with Gasteiger partial charge in [0.25, 0.3) is 0 Å². The fourth-order valence-corrected chi connectivity index (χ4v) is 3.86. The molecule has 0 saturated carbocycles. The van der Waals surface area contributed by atoms with Crippen molar-refractivity contribution >= 4 is 11.7 Å². The van der Waals surface area contributed by atoms with Crippen LogP contribution in [-0.2, 0) is 4.74 Å². The maximum atomic E-state index is 12.6. The highest BCUT2D eigenvalue weighted by Crippen LogP contribution is 2.38. The molecule has 2 unspecified atom stereocenters. The van der Waals surface area contributed by atoms with E-state index >= 15 is 0 Å². The van der Waals surface area contributed by atoms with E-state index in [0.717, 1.165) is 30.7 Å². The molecule has 2 atom stereocenters. The number of hydrogen-bond donors (Lipinski definition) is 0. The van der Waals surface area contributed by atoms with Gasteiger partial charge in [0.2, 0.25) is 0 Å². The minimum atomic E-state index is -0.450. The molecule has 130 valence electrons. The summed E-state index contributed by atoms with van der Waals surface area (Å²) in [6.45, 7) is 9.85. The van der Waals surface area contributed by atoms with Crippen LogP contribution in [0, 0.1) is 13.8 Å². The summed E-state index contributed by atoms with van der Waals surface area (Å²) in [4.78, 5) is 19.1. The molecule has 0 aromatic carbocycles. The van der Waals surface area contributed by atoms with Crippen LogP contribution in [0.5, 0.6) is 0 Å². The van der Waals surface area contributed by atoms with Gasteiger partial charge in [-0.3, -0.25) is 9.88 Å².